The molecule has 5 rings (SSSR count). The number of ether oxygens (including phenoxy) is 2. The van der Waals surface area contributed by atoms with Gasteiger partial charge < -0.3 is 24.2 Å². The number of nitriles is 1. The zero-order valence-corrected chi connectivity index (χ0v) is 24.1. The van der Waals surface area contributed by atoms with Crippen LogP contribution in [-0.2, 0) is 11.2 Å². The number of rotatable bonds is 8. The second-order valence-electron chi connectivity index (χ2n) is 11.2. The van der Waals surface area contributed by atoms with E-state index in [0.29, 0.717) is 56.3 Å². The molecule has 1 aromatic carbocycles. The lowest BCUT2D eigenvalue weighted by molar-refractivity contribution is -0.128. The van der Waals surface area contributed by atoms with Crippen LogP contribution in [0.15, 0.2) is 30.9 Å². The van der Waals surface area contributed by atoms with E-state index in [0.717, 1.165) is 36.1 Å². The van der Waals surface area contributed by atoms with Gasteiger partial charge in [0, 0.05) is 31.2 Å². The molecule has 10 heteroatoms. The van der Waals surface area contributed by atoms with E-state index in [2.05, 4.69) is 34.5 Å². The third kappa shape index (κ3) is 6.05. The standard InChI is InChI=1S/C31H38N6O4/c1-5-27(38)37-16-15-36(18-22(37)12-13-32)30-24-9-11-26(41-25-10-8-20(2)17-21(25)3)29(39)28(24)33-31(34-30)40-19-23-7-6-14-35(23)4/h5,8,10,17,22-23,26H,1,6-7,9,11-12,14-16,18-19H2,2-4H3/t22?,23?,26-/m1/s1. The molecule has 3 aliphatic rings. The lowest BCUT2D eigenvalue weighted by Gasteiger charge is -2.41. The Morgan fingerprint density at radius 2 is 2.02 bits per heavy atom. The third-order valence-electron chi connectivity index (χ3n) is 8.39. The smallest absolute Gasteiger partial charge is 0.319 e. The number of anilines is 1. The van der Waals surface area contributed by atoms with E-state index in [1.807, 2.05) is 32.0 Å². The average Bonchev–Trinajstić information content (AvgIpc) is 3.38. The summed E-state index contributed by atoms with van der Waals surface area (Å²) in [5.74, 6) is 0.944. The van der Waals surface area contributed by atoms with Crippen LogP contribution in [0.5, 0.6) is 11.8 Å². The Hall–Kier alpha value is -3.97. The molecular formula is C31H38N6O4. The maximum Gasteiger partial charge on any atom is 0.319 e. The molecule has 0 spiro atoms. The van der Waals surface area contributed by atoms with Gasteiger partial charge in [0.05, 0.1) is 18.5 Å². The number of Topliss-reactive ketones (excluding diaryl/α,β-unsaturated/α-hetero) is 1. The van der Waals surface area contributed by atoms with Gasteiger partial charge in [-0.1, -0.05) is 24.3 Å². The molecule has 2 fully saturated rings. The van der Waals surface area contributed by atoms with Gasteiger partial charge in [0.1, 0.15) is 23.9 Å². The van der Waals surface area contributed by atoms with Gasteiger partial charge in [-0.15, -0.1) is 0 Å². The maximum absolute atomic E-state index is 13.8. The maximum atomic E-state index is 13.8. The van der Waals surface area contributed by atoms with Gasteiger partial charge in [0.2, 0.25) is 11.7 Å². The number of hydrogen-bond acceptors (Lipinski definition) is 9. The summed E-state index contributed by atoms with van der Waals surface area (Å²) in [4.78, 5) is 41.8. The Morgan fingerprint density at radius 1 is 1.20 bits per heavy atom. The van der Waals surface area contributed by atoms with Crippen molar-refractivity contribution in [3.05, 3.63) is 53.2 Å². The third-order valence-corrected chi connectivity index (χ3v) is 8.39. The number of piperazine rings is 1. The van der Waals surface area contributed by atoms with Crippen molar-refractivity contribution in [2.75, 3.05) is 44.7 Å². The van der Waals surface area contributed by atoms with Gasteiger partial charge in [0.25, 0.3) is 0 Å². The Balaban J connectivity index is 1.45. The molecular weight excluding hydrogens is 520 g/mol. The molecule has 1 aromatic heterocycles. The van der Waals surface area contributed by atoms with Crippen molar-refractivity contribution in [2.45, 2.75) is 64.1 Å². The molecule has 2 aromatic rings. The van der Waals surface area contributed by atoms with Crippen LogP contribution in [0.2, 0.25) is 0 Å². The van der Waals surface area contributed by atoms with Crippen molar-refractivity contribution < 1.29 is 19.1 Å². The molecule has 2 unspecified atom stereocenters. The summed E-state index contributed by atoms with van der Waals surface area (Å²) in [7, 11) is 2.08. The first-order valence-electron chi connectivity index (χ1n) is 14.4. The Kier molecular flexibility index (Phi) is 8.54. The first-order chi connectivity index (χ1) is 19.8. The Labute approximate surface area is 241 Å². The average molecular weight is 559 g/mol. The topological polar surface area (TPSA) is 112 Å². The van der Waals surface area contributed by atoms with Crippen molar-refractivity contribution in [1.29, 1.82) is 5.26 Å². The second-order valence-corrected chi connectivity index (χ2v) is 11.2. The van der Waals surface area contributed by atoms with Gasteiger partial charge in [-0.2, -0.15) is 15.2 Å². The number of hydrogen-bond donors (Lipinski definition) is 0. The molecule has 2 aliphatic heterocycles. The minimum Gasteiger partial charge on any atom is -0.482 e. The number of amides is 1. The molecule has 0 radical (unpaired) electrons. The number of aryl methyl sites for hydroxylation is 2. The molecule has 10 nitrogen and oxygen atoms in total. The van der Waals surface area contributed by atoms with E-state index in [1.54, 1.807) is 4.90 Å². The molecule has 3 atom stereocenters. The van der Waals surface area contributed by atoms with Gasteiger partial charge in [0.15, 0.2) is 6.10 Å². The predicted molar refractivity (Wildman–Crippen MR) is 154 cm³/mol. The molecule has 1 amide bonds. The second kappa shape index (κ2) is 12.3. The van der Waals surface area contributed by atoms with Crippen LogP contribution in [0.3, 0.4) is 0 Å². The zero-order chi connectivity index (χ0) is 29.1. The lowest BCUT2D eigenvalue weighted by Crippen LogP contribution is -2.55. The number of fused-ring (bicyclic) bond motifs is 1. The lowest BCUT2D eigenvalue weighted by atomic mass is 9.92. The van der Waals surface area contributed by atoms with Crippen LogP contribution in [0.25, 0.3) is 0 Å². The summed E-state index contributed by atoms with van der Waals surface area (Å²) in [6.07, 6.45) is 4.03. The number of aromatic nitrogens is 2. The summed E-state index contributed by atoms with van der Waals surface area (Å²) in [5, 5.41) is 9.46. The van der Waals surface area contributed by atoms with Crippen molar-refractivity contribution in [1.82, 2.24) is 19.8 Å². The SMILES string of the molecule is C=CC(=O)N1CCN(c2nc(OCC3CCCN3C)nc3c2CC[C@@H](Oc2ccc(C)cc2C)C3=O)CC1CC#N. The number of likely N-dealkylation sites (tertiary alicyclic amines) is 1. The zero-order valence-electron chi connectivity index (χ0n) is 24.1. The van der Waals surface area contributed by atoms with Gasteiger partial charge in [-0.25, -0.2) is 0 Å². The number of carbonyl (C=O) groups excluding carboxylic acids is 2. The van der Waals surface area contributed by atoms with Crippen molar-refractivity contribution in [2.24, 2.45) is 0 Å². The molecule has 41 heavy (non-hydrogen) atoms. The first-order valence-corrected chi connectivity index (χ1v) is 14.4. The van der Waals surface area contributed by atoms with Crippen molar-refractivity contribution in [3.8, 4) is 17.8 Å². The molecule has 0 bridgehead atoms. The molecule has 2 saturated heterocycles. The largest absolute Gasteiger partial charge is 0.482 e. The normalized spacial score (nSPS) is 22.7. The fourth-order valence-corrected chi connectivity index (χ4v) is 6.06. The van der Waals surface area contributed by atoms with Crippen LogP contribution in [-0.4, -0.2) is 89.5 Å². The fraction of sp³-hybridized carbons (Fsp3) is 0.516. The molecule has 216 valence electrons. The first kappa shape index (κ1) is 28.6. The van der Waals surface area contributed by atoms with E-state index in [-0.39, 0.29) is 36.2 Å². The molecule has 3 heterocycles. The number of benzene rings is 1. The van der Waals surface area contributed by atoms with E-state index in [4.69, 9.17) is 14.5 Å². The summed E-state index contributed by atoms with van der Waals surface area (Å²) >= 11 is 0. The number of nitrogens with zero attached hydrogens (tertiary/aromatic N) is 6. The Morgan fingerprint density at radius 3 is 2.73 bits per heavy atom. The number of carbonyl (C=O) groups is 2. The van der Waals surface area contributed by atoms with E-state index in [9.17, 15) is 14.9 Å². The predicted octanol–water partition coefficient (Wildman–Crippen LogP) is 3.26. The number of ketones is 1. The highest BCUT2D eigenvalue weighted by Gasteiger charge is 2.37. The highest BCUT2D eigenvalue weighted by atomic mass is 16.5. The van der Waals surface area contributed by atoms with Crippen LogP contribution < -0.4 is 14.4 Å². The van der Waals surface area contributed by atoms with Gasteiger partial charge in [-0.05, 0) is 70.8 Å². The van der Waals surface area contributed by atoms with Crippen LogP contribution in [0.1, 0.15) is 52.9 Å². The van der Waals surface area contributed by atoms with Crippen molar-refractivity contribution >= 4 is 17.5 Å². The molecule has 0 N–H and O–H groups in total. The molecule has 1 aliphatic carbocycles. The van der Waals surface area contributed by atoms with E-state index < -0.39 is 6.10 Å². The molecule has 0 saturated carbocycles. The highest BCUT2D eigenvalue weighted by molar-refractivity contribution is 6.01. The van der Waals surface area contributed by atoms with Crippen LogP contribution >= 0.6 is 0 Å². The van der Waals surface area contributed by atoms with Gasteiger partial charge in [-0.3, -0.25) is 9.59 Å². The van der Waals surface area contributed by atoms with Crippen molar-refractivity contribution in [3.63, 3.8) is 0 Å². The summed E-state index contributed by atoms with van der Waals surface area (Å²) in [6.45, 7) is 10.4. The van der Waals surface area contributed by atoms with Crippen LogP contribution in [0, 0.1) is 25.2 Å². The minimum atomic E-state index is -0.658. The van der Waals surface area contributed by atoms with Gasteiger partial charge >= 0.3 is 6.01 Å². The van der Waals surface area contributed by atoms with E-state index >= 15 is 0 Å². The van der Waals surface area contributed by atoms with E-state index in [1.165, 1.54) is 6.08 Å². The monoisotopic (exact) mass is 558 g/mol. The quantitative estimate of drug-likeness (QED) is 0.451. The number of likely N-dealkylation sites (N-methyl/N-ethyl adjacent to an activating group) is 1. The Bertz CT molecular complexity index is 1370. The minimum absolute atomic E-state index is 0.168. The highest BCUT2D eigenvalue weighted by Crippen LogP contribution is 2.34. The van der Waals surface area contributed by atoms with Crippen LogP contribution in [0.4, 0.5) is 5.82 Å². The fourth-order valence-electron chi connectivity index (χ4n) is 6.06. The summed E-state index contributed by atoms with van der Waals surface area (Å²) < 4.78 is 12.4. The summed E-state index contributed by atoms with van der Waals surface area (Å²) in [5.41, 5.74) is 3.20. The summed E-state index contributed by atoms with van der Waals surface area (Å²) in [6, 6.07) is 8.24.